The van der Waals surface area contributed by atoms with Gasteiger partial charge in [0.2, 0.25) is 20.0 Å². The molecule has 2 aromatic rings. The molecule has 0 radical (unpaired) electrons. The van der Waals surface area contributed by atoms with Crippen LogP contribution in [0.15, 0.2) is 53.6 Å². The average Bonchev–Trinajstić information content (AvgIpc) is 3.07. The Labute approximate surface area is 164 Å². The third-order valence-electron chi connectivity index (χ3n) is 4.36. The van der Waals surface area contributed by atoms with Crippen molar-refractivity contribution in [1.82, 2.24) is 4.41 Å². The lowest BCUT2D eigenvalue weighted by atomic mass is 9.98. The lowest BCUT2D eigenvalue weighted by molar-refractivity contribution is 0.365. The lowest BCUT2D eigenvalue weighted by Crippen LogP contribution is -2.26. The number of hydrazone groups is 1. The van der Waals surface area contributed by atoms with Crippen LogP contribution in [0.1, 0.15) is 30.5 Å². The molecule has 0 bridgehead atoms. The van der Waals surface area contributed by atoms with E-state index in [-0.39, 0.29) is 17.7 Å². The van der Waals surface area contributed by atoms with E-state index in [0.29, 0.717) is 17.0 Å². The van der Waals surface area contributed by atoms with Gasteiger partial charge < -0.3 is 0 Å². The van der Waals surface area contributed by atoms with Crippen LogP contribution in [-0.4, -0.2) is 39.0 Å². The Morgan fingerprint density at radius 1 is 1.11 bits per heavy atom. The molecule has 1 aliphatic heterocycles. The summed E-state index contributed by atoms with van der Waals surface area (Å²) in [6.07, 6.45) is 1.11. The highest BCUT2D eigenvalue weighted by molar-refractivity contribution is 7.92. The average molecular weight is 426 g/mol. The standard InChI is InChI=1S/C18H20FN3O4S2/c1-3-28(25,26)21-16-11-7-5-9-14(16)17-12-18(22(20-17)27(2,23)24)13-8-4-6-10-15(13)19/h4-11,18,21H,3,12H2,1-2H3/t18-/m0/s1. The molecule has 28 heavy (non-hydrogen) atoms. The molecule has 1 N–H and O–H groups in total. The number of halogens is 1. The zero-order chi connectivity index (χ0) is 20.5. The maximum absolute atomic E-state index is 14.3. The molecular formula is C18H20FN3O4S2. The van der Waals surface area contributed by atoms with Gasteiger partial charge in [0.15, 0.2) is 0 Å². The Morgan fingerprint density at radius 2 is 1.75 bits per heavy atom. The summed E-state index contributed by atoms with van der Waals surface area (Å²) in [6, 6.07) is 11.7. The topological polar surface area (TPSA) is 95.9 Å². The number of benzene rings is 2. The van der Waals surface area contributed by atoms with Crippen LogP contribution in [0.4, 0.5) is 10.1 Å². The predicted molar refractivity (Wildman–Crippen MR) is 107 cm³/mol. The van der Waals surface area contributed by atoms with Crippen molar-refractivity contribution in [3.63, 3.8) is 0 Å². The quantitative estimate of drug-likeness (QED) is 0.770. The van der Waals surface area contributed by atoms with E-state index in [2.05, 4.69) is 9.82 Å². The number of sulfonamides is 2. The van der Waals surface area contributed by atoms with E-state index in [4.69, 9.17) is 0 Å². The third-order valence-corrected chi connectivity index (χ3v) is 6.67. The van der Waals surface area contributed by atoms with Crippen LogP contribution < -0.4 is 4.72 Å². The van der Waals surface area contributed by atoms with E-state index < -0.39 is 31.9 Å². The summed E-state index contributed by atoms with van der Waals surface area (Å²) in [7, 11) is -7.31. The second-order valence-electron chi connectivity index (χ2n) is 6.37. The molecule has 0 aromatic heterocycles. The normalized spacial score (nSPS) is 17.5. The van der Waals surface area contributed by atoms with Gasteiger partial charge in [-0.1, -0.05) is 36.4 Å². The number of nitrogens with one attached hydrogen (secondary N) is 1. The van der Waals surface area contributed by atoms with E-state index in [9.17, 15) is 21.2 Å². The van der Waals surface area contributed by atoms with Crippen LogP contribution >= 0.6 is 0 Å². The van der Waals surface area contributed by atoms with Crippen molar-refractivity contribution in [2.75, 3.05) is 16.7 Å². The first-order chi connectivity index (χ1) is 13.1. The van der Waals surface area contributed by atoms with Crippen molar-refractivity contribution in [2.24, 2.45) is 5.10 Å². The van der Waals surface area contributed by atoms with Crippen LogP contribution in [0.3, 0.4) is 0 Å². The predicted octanol–water partition coefficient (Wildman–Crippen LogP) is 2.70. The van der Waals surface area contributed by atoms with Gasteiger partial charge in [-0.15, -0.1) is 0 Å². The first-order valence-corrected chi connectivity index (χ1v) is 12.0. The minimum Gasteiger partial charge on any atom is -0.283 e. The molecule has 2 aromatic carbocycles. The van der Waals surface area contributed by atoms with Crippen molar-refractivity contribution in [3.8, 4) is 0 Å². The summed E-state index contributed by atoms with van der Waals surface area (Å²) in [5.41, 5.74) is 1.31. The molecule has 0 fully saturated rings. The van der Waals surface area contributed by atoms with E-state index >= 15 is 0 Å². The number of hydrogen-bond donors (Lipinski definition) is 1. The summed E-state index contributed by atoms with van der Waals surface area (Å²) < 4.78 is 66.1. The summed E-state index contributed by atoms with van der Waals surface area (Å²) >= 11 is 0. The molecule has 0 saturated heterocycles. The number of nitrogens with zero attached hydrogens (tertiary/aromatic N) is 2. The fraction of sp³-hybridized carbons (Fsp3) is 0.278. The van der Waals surface area contributed by atoms with Gasteiger partial charge in [0.05, 0.1) is 29.4 Å². The summed E-state index contributed by atoms with van der Waals surface area (Å²) in [5, 5.41) is 4.21. The maximum Gasteiger partial charge on any atom is 0.247 e. The van der Waals surface area contributed by atoms with Gasteiger partial charge in [0, 0.05) is 17.5 Å². The molecule has 0 saturated carbocycles. The fourth-order valence-electron chi connectivity index (χ4n) is 3.00. The SMILES string of the molecule is CCS(=O)(=O)Nc1ccccc1C1=NN(S(C)(=O)=O)[C@H](c2ccccc2F)C1. The fourth-order valence-corrected chi connectivity index (χ4v) is 4.55. The zero-order valence-corrected chi connectivity index (χ0v) is 17.0. The minimum atomic E-state index is -3.77. The highest BCUT2D eigenvalue weighted by Gasteiger charge is 2.36. The van der Waals surface area contributed by atoms with Crippen LogP contribution in [0, 0.1) is 5.82 Å². The Kier molecular flexibility index (Phi) is 5.44. The largest absolute Gasteiger partial charge is 0.283 e. The number of para-hydroxylation sites is 1. The molecule has 0 amide bonds. The van der Waals surface area contributed by atoms with Crippen molar-refractivity contribution < 1.29 is 21.2 Å². The molecule has 1 atom stereocenters. The zero-order valence-electron chi connectivity index (χ0n) is 15.3. The van der Waals surface area contributed by atoms with Crippen LogP contribution in [0.25, 0.3) is 0 Å². The highest BCUT2D eigenvalue weighted by Crippen LogP contribution is 2.37. The third kappa shape index (κ3) is 4.17. The monoisotopic (exact) mass is 425 g/mol. The van der Waals surface area contributed by atoms with E-state index in [1.807, 2.05) is 0 Å². The highest BCUT2D eigenvalue weighted by atomic mass is 32.2. The van der Waals surface area contributed by atoms with Crippen LogP contribution in [0.2, 0.25) is 0 Å². The minimum absolute atomic E-state index is 0.110. The van der Waals surface area contributed by atoms with Crippen molar-refractivity contribution >= 4 is 31.4 Å². The Morgan fingerprint density at radius 3 is 2.39 bits per heavy atom. The van der Waals surface area contributed by atoms with E-state index in [1.165, 1.54) is 25.1 Å². The second-order valence-corrected chi connectivity index (χ2v) is 10.2. The number of anilines is 1. The molecule has 0 unspecified atom stereocenters. The summed E-state index contributed by atoms with van der Waals surface area (Å²) in [4.78, 5) is 0. The molecule has 3 rings (SSSR count). The molecule has 7 nitrogen and oxygen atoms in total. The smallest absolute Gasteiger partial charge is 0.247 e. The Bertz CT molecular complexity index is 1130. The first-order valence-electron chi connectivity index (χ1n) is 8.53. The van der Waals surface area contributed by atoms with Gasteiger partial charge in [-0.05, 0) is 19.1 Å². The summed E-state index contributed by atoms with van der Waals surface area (Å²) in [6.45, 7) is 1.51. The van der Waals surface area contributed by atoms with Crippen molar-refractivity contribution in [1.29, 1.82) is 0 Å². The molecular weight excluding hydrogens is 405 g/mol. The number of hydrogen-bond acceptors (Lipinski definition) is 5. The van der Waals surface area contributed by atoms with Crippen molar-refractivity contribution in [2.45, 2.75) is 19.4 Å². The molecule has 10 heteroatoms. The van der Waals surface area contributed by atoms with Gasteiger partial charge in [0.25, 0.3) is 0 Å². The van der Waals surface area contributed by atoms with Gasteiger partial charge in [0.1, 0.15) is 5.82 Å². The molecule has 0 spiro atoms. The summed E-state index contributed by atoms with van der Waals surface area (Å²) in [5.74, 6) is -0.640. The maximum atomic E-state index is 14.3. The van der Waals surface area contributed by atoms with Gasteiger partial charge in [-0.25, -0.2) is 21.2 Å². The van der Waals surface area contributed by atoms with Crippen molar-refractivity contribution in [3.05, 3.63) is 65.5 Å². The molecule has 1 heterocycles. The molecule has 1 aliphatic rings. The second kappa shape index (κ2) is 7.51. The first kappa shape index (κ1) is 20.3. The molecule has 150 valence electrons. The Balaban J connectivity index is 2.06. The Hall–Kier alpha value is -2.46. The van der Waals surface area contributed by atoms with Gasteiger partial charge in [-0.3, -0.25) is 4.72 Å². The van der Waals surface area contributed by atoms with Crippen LogP contribution in [-0.2, 0) is 20.0 Å². The number of rotatable bonds is 6. The lowest BCUT2D eigenvalue weighted by Gasteiger charge is -2.21. The van der Waals surface area contributed by atoms with E-state index in [0.717, 1.165) is 10.7 Å². The van der Waals surface area contributed by atoms with E-state index in [1.54, 1.807) is 30.3 Å². The van der Waals surface area contributed by atoms with Gasteiger partial charge >= 0.3 is 0 Å². The van der Waals surface area contributed by atoms with Gasteiger partial charge in [-0.2, -0.15) is 9.52 Å². The van der Waals surface area contributed by atoms with Crippen LogP contribution in [0.5, 0.6) is 0 Å². The molecule has 0 aliphatic carbocycles.